The van der Waals surface area contributed by atoms with Gasteiger partial charge in [0.15, 0.2) is 5.78 Å². The van der Waals surface area contributed by atoms with Gasteiger partial charge in [0, 0.05) is 5.56 Å². The van der Waals surface area contributed by atoms with E-state index in [1.54, 1.807) is 0 Å². The van der Waals surface area contributed by atoms with Gasteiger partial charge in [0.05, 0.1) is 0 Å². The van der Waals surface area contributed by atoms with Gasteiger partial charge >= 0.3 is 0 Å². The fourth-order valence-electron chi connectivity index (χ4n) is 4.16. The van der Waals surface area contributed by atoms with Gasteiger partial charge in [-0.25, -0.2) is 0 Å². The van der Waals surface area contributed by atoms with Gasteiger partial charge in [0.1, 0.15) is 10.6 Å². The third-order valence-corrected chi connectivity index (χ3v) is 12.4. The highest BCUT2D eigenvalue weighted by molar-refractivity contribution is 9.09. The molecular formula is C23H31BrO2Si. The molecule has 0 aromatic heterocycles. The van der Waals surface area contributed by atoms with Crippen molar-refractivity contribution in [2.24, 2.45) is 0 Å². The van der Waals surface area contributed by atoms with E-state index in [0.717, 1.165) is 11.3 Å². The van der Waals surface area contributed by atoms with Gasteiger partial charge < -0.3 is 4.43 Å². The van der Waals surface area contributed by atoms with Gasteiger partial charge in [0.25, 0.3) is 8.32 Å². The lowest BCUT2D eigenvalue weighted by molar-refractivity contribution is 0.0991. The number of ketones is 1. The van der Waals surface area contributed by atoms with Crippen LogP contribution in [0.4, 0.5) is 0 Å². The number of rotatable bonds is 8. The number of benzene rings is 2. The lowest BCUT2D eigenvalue weighted by Crippen LogP contribution is -2.50. The summed E-state index contributed by atoms with van der Waals surface area (Å²) >= 11 is 3.54. The predicted molar refractivity (Wildman–Crippen MR) is 121 cm³/mol. The third kappa shape index (κ3) is 4.72. The average Bonchev–Trinajstić information content (AvgIpc) is 2.65. The number of alkyl halides is 1. The maximum Gasteiger partial charge on any atom is 0.258 e. The van der Waals surface area contributed by atoms with Crippen LogP contribution in [0.2, 0.25) is 16.6 Å². The lowest BCUT2D eigenvalue weighted by atomic mass is 10.0. The van der Waals surface area contributed by atoms with E-state index >= 15 is 0 Å². The molecule has 0 saturated carbocycles. The van der Waals surface area contributed by atoms with Crippen molar-refractivity contribution in [3.05, 3.63) is 65.7 Å². The van der Waals surface area contributed by atoms with Crippen LogP contribution in [-0.4, -0.2) is 14.1 Å². The van der Waals surface area contributed by atoms with Crippen LogP contribution in [0.25, 0.3) is 0 Å². The summed E-state index contributed by atoms with van der Waals surface area (Å²) in [6.45, 7) is 13.7. The largest absolute Gasteiger partial charge is 0.543 e. The van der Waals surface area contributed by atoms with Crippen molar-refractivity contribution < 1.29 is 9.22 Å². The molecule has 2 aromatic rings. The Morgan fingerprint density at radius 1 is 0.815 bits per heavy atom. The Morgan fingerprint density at radius 2 is 1.30 bits per heavy atom. The minimum absolute atomic E-state index is 0.0628. The number of hydrogen-bond donors (Lipinski definition) is 0. The summed E-state index contributed by atoms with van der Waals surface area (Å²) in [5.41, 5.74) is 3.21. The second kappa shape index (κ2) is 9.20. The van der Waals surface area contributed by atoms with Crippen molar-refractivity contribution in [3.8, 4) is 5.75 Å². The summed E-state index contributed by atoms with van der Waals surface area (Å²) in [6.07, 6.45) is 0. The molecule has 0 spiro atoms. The molecule has 2 aromatic carbocycles. The molecule has 2 nitrogen and oxygen atoms in total. The van der Waals surface area contributed by atoms with E-state index < -0.39 is 8.32 Å². The summed E-state index contributed by atoms with van der Waals surface area (Å²) in [4.78, 5) is 12.5. The van der Waals surface area contributed by atoms with Crippen LogP contribution in [-0.2, 0) is 0 Å². The van der Waals surface area contributed by atoms with Gasteiger partial charge in [-0.1, -0.05) is 87.8 Å². The van der Waals surface area contributed by atoms with Crippen LogP contribution in [0.5, 0.6) is 5.75 Å². The fraction of sp³-hybridized carbons (Fsp3) is 0.435. The molecule has 0 N–H and O–H groups in total. The van der Waals surface area contributed by atoms with Crippen molar-refractivity contribution >= 4 is 30.0 Å². The molecule has 0 bridgehead atoms. The van der Waals surface area contributed by atoms with E-state index in [-0.39, 0.29) is 10.6 Å². The monoisotopic (exact) mass is 446 g/mol. The van der Waals surface area contributed by atoms with Gasteiger partial charge in [0.2, 0.25) is 0 Å². The van der Waals surface area contributed by atoms with E-state index in [9.17, 15) is 4.79 Å². The molecule has 0 radical (unpaired) electrons. The molecule has 4 heteroatoms. The normalized spacial score (nSPS) is 13.3. The summed E-state index contributed by atoms with van der Waals surface area (Å²) < 4.78 is 6.68. The quantitative estimate of drug-likeness (QED) is 0.237. The standard InChI is InChI=1S/C23H31BrO2Si/c1-16(2)27(17(3)4,18(5)6)26-21-14-12-20(13-15-21)23(25)22(24)19-10-8-7-9-11-19/h7-18,22H,1-6H3. The average molecular weight is 447 g/mol. The van der Waals surface area contributed by atoms with Crippen LogP contribution in [0.3, 0.4) is 0 Å². The van der Waals surface area contributed by atoms with E-state index in [4.69, 9.17) is 4.43 Å². The van der Waals surface area contributed by atoms with E-state index in [2.05, 4.69) is 57.5 Å². The summed E-state index contributed by atoms with van der Waals surface area (Å²) in [7, 11) is -1.98. The van der Waals surface area contributed by atoms with Gasteiger partial charge in [-0.3, -0.25) is 4.79 Å². The molecule has 0 aliphatic heterocycles. The van der Waals surface area contributed by atoms with Crippen molar-refractivity contribution in [1.82, 2.24) is 0 Å². The molecule has 0 aliphatic carbocycles. The van der Waals surface area contributed by atoms with Crippen molar-refractivity contribution in [1.29, 1.82) is 0 Å². The van der Waals surface area contributed by atoms with E-state index in [1.165, 1.54) is 0 Å². The van der Waals surface area contributed by atoms with E-state index in [0.29, 0.717) is 22.2 Å². The molecule has 1 atom stereocenters. The summed E-state index contributed by atoms with van der Waals surface area (Å²) in [5.74, 6) is 0.938. The molecule has 2 rings (SSSR count). The minimum Gasteiger partial charge on any atom is -0.543 e. The number of carbonyl (C=O) groups is 1. The number of halogens is 1. The molecule has 0 heterocycles. The third-order valence-electron chi connectivity index (χ3n) is 5.46. The fourth-order valence-corrected chi connectivity index (χ4v) is 9.99. The second-order valence-electron chi connectivity index (χ2n) is 8.08. The highest BCUT2D eigenvalue weighted by Crippen LogP contribution is 2.42. The van der Waals surface area contributed by atoms with Crippen molar-refractivity contribution in [3.63, 3.8) is 0 Å². The first kappa shape index (κ1) is 21.9. The Kier molecular flexibility index (Phi) is 7.46. The van der Waals surface area contributed by atoms with E-state index in [1.807, 2.05) is 54.6 Å². The number of carbonyl (C=O) groups excluding carboxylic acids is 1. The Hall–Kier alpha value is -1.39. The zero-order chi connectivity index (χ0) is 20.2. The van der Waals surface area contributed by atoms with Crippen LogP contribution in [0.15, 0.2) is 54.6 Å². The molecule has 0 amide bonds. The molecule has 146 valence electrons. The topological polar surface area (TPSA) is 26.3 Å². The smallest absolute Gasteiger partial charge is 0.258 e. The predicted octanol–water partition coefficient (Wildman–Crippen LogP) is 7.56. The number of Topliss-reactive ketones (excluding diaryl/α,β-unsaturated/α-hetero) is 1. The van der Waals surface area contributed by atoms with Crippen LogP contribution in [0.1, 0.15) is 62.3 Å². The van der Waals surface area contributed by atoms with Gasteiger partial charge in [-0.05, 0) is 46.5 Å². The zero-order valence-corrected chi connectivity index (χ0v) is 19.8. The molecule has 27 heavy (non-hydrogen) atoms. The van der Waals surface area contributed by atoms with Gasteiger partial charge in [-0.2, -0.15) is 0 Å². The first-order chi connectivity index (χ1) is 12.7. The Morgan fingerprint density at radius 3 is 1.74 bits per heavy atom. The molecule has 0 aliphatic rings. The first-order valence-corrected chi connectivity index (χ1v) is 12.8. The highest BCUT2D eigenvalue weighted by Gasteiger charge is 2.46. The Balaban J connectivity index is 2.22. The zero-order valence-electron chi connectivity index (χ0n) is 17.2. The summed E-state index contributed by atoms with van der Waals surface area (Å²) in [6, 6.07) is 17.4. The highest BCUT2D eigenvalue weighted by atomic mass is 79.9. The molecular weight excluding hydrogens is 416 g/mol. The second-order valence-corrected chi connectivity index (χ2v) is 14.4. The Bertz CT molecular complexity index is 717. The van der Waals surface area contributed by atoms with Crippen molar-refractivity contribution in [2.75, 3.05) is 0 Å². The molecule has 0 fully saturated rings. The maximum absolute atomic E-state index is 12.8. The SMILES string of the molecule is CC(C)[Si](Oc1ccc(C(=O)C(Br)c2ccccc2)cc1)(C(C)C)C(C)C. The minimum atomic E-state index is -1.98. The van der Waals surface area contributed by atoms with Crippen LogP contribution >= 0.6 is 15.9 Å². The first-order valence-electron chi connectivity index (χ1n) is 9.72. The molecule has 0 saturated heterocycles. The molecule has 1 unspecified atom stereocenters. The van der Waals surface area contributed by atoms with Crippen LogP contribution < -0.4 is 4.43 Å². The lowest BCUT2D eigenvalue weighted by Gasteiger charge is -2.42. The maximum atomic E-state index is 12.8. The van der Waals surface area contributed by atoms with Crippen molar-refractivity contribution in [2.45, 2.75) is 63.0 Å². The van der Waals surface area contributed by atoms with Crippen LogP contribution in [0, 0.1) is 0 Å². The summed E-state index contributed by atoms with van der Waals surface area (Å²) in [5, 5.41) is 0. The Labute approximate surface area is 173 Å². The number of hydrogen-bond acceptors (Lipinski definition) is 2. The van der Waals surface area contributed by atoms with Gasteiger partial charge in [-0.15, -0.1) is 0 Å².